The summed E-state index contributed by atoms with van der Waals surface area (Å²) in [5, 5.41) is 7.04. The van der Waals surface area contributed by atoms with Crippen molar-refractivity contribution in [2.24, 2.45) is 0 Å². The third kappa shape index (κ3) is 3.42. The van der Waals surface area contributed by atoms with Crippen LogP contribution in [0.4, 0.5) is 14.5 Å². The van der Waals surface area contributed by atoms with Gasteiger partial charge in [-0.15, -0.1) is 0 Å². The summed E-state index contributed by atoms with van der Waals surface area (Å²) in [6.45, 7) is 3.64. The van der Waals surface area contributed by atoms with Gasteiger partial charge < -0.3 is 5.32 Å². The number of aryl methyl sites for hydroxylation is 1. The third-order valence-electron chi connectivity index (χ3n) is 3.96. The van der Waals surface area contributed by atoms with Crippen LogP contribution in [0.1, 0.15) is 28.5 Å². The van der Waals surface area contributed by atoms with Gasteiger partial charge in [-0.3, -0.25) is 4.79 Å². The SMILES string of the molecule is CCc1c(C(=O)Nc2ccc(F)cc2C)cnn1-c1ccc(F)cc1. The fourth-order valence-corrected chi connectivity index (χ4v) is 2.67. The first-order valence-electron chi connectivity index (χ1n) is 7.90. The van der Waals surface area contributed by atoms with Gasteiger partial charge >= 0.3 is 0 Å². The molecule has 0 aliphatic heterocycles. The van der Waals surface area contributed by atoms with Crippen LogP contribution in [0.2, 0.25) is 0 Å². The lowest BCUT2D eigenvalue weighted by Crippen LogP contribution is -2.15. The van der Waals surface area contributed by atoms with Crippen LogP contribution in [-0.2, 0) is 6.42 Å². The van der Waals surface area contributed by atoms with E-state index in [1.54, 1.807) is 23.7 Å². The van der Waals surface area contributed by atoms with E-state index in [4.69, 9.17) is 0 Å². The number of rotatable bonds is 4. The van der Waals surface area contributed by atoms with Crippen molar-refractivity contribution < 1.29 is 13.6 Å². The van der Waals surface area contributed by atoms with Crippen molar-refractivity contribution in [2.45, 2.75) is 20.3 Å². The van der Waals surface area contributed by atoms with Gasteiger partial charge in [0.1, 0.15) is 11.6 Å². The predicted octanol–water partition coefficient (Wildman–Crippen LogP) is 4.27. The highest BCUT2D eigenvalue weighted by Gasteiger charge is 2.18. The lowest BCUT2D eigenvalue weighted by Gasteiger charge is -2.10. The molecule has 128 valence electrons. The van der Waals surface area contributed by atoms with Gasteiger partial charge in [0.15, 0.2) is 0 Å². The molecule has 0 spiro atoms. The van der Waals surface area contributed by atoms with E-state index in [0.717, 1.165) is 0 Å². The standard InChI is InChI=1S/C19H17F2N3O/c1-3-18-16(11-22-24(18)15-7-4-13(20)5-8-15)19(25)23-17-9-6-14(21)10-12(17)2/h4-11H,3H2,1-2H3,(H,23,25). The fraction of sp³-hybridized carbons (Fsp3) is 0.158. The molecule has 1 aromatic heterocycles. The van der Waals surface area contributed by atoms with E-state index in [9.17, 15) is 13.6 Å². The molecule has 6 heteroatoms. The fourth-order valence-electron chi connectivity index (χ4n) is 2.67. The molecule has 0 unspecified atom stereocenters. The number of aromatic nitrogens is 2. The van der Waals surface area contributed by atoms with Crippen molar-refractivity contribution in [1.82, 2.24) is 9.78 Å². The van der Waals surface area contributed by atoms with Gasteiger partial charge in [-0.1, -0.05) is 6.92 Å². The molecule has 1 heterocycles. The van der Waals surface area contributed by atoms with Crippen LogP contribution < -0.4 is 5.32 Å². The lowest BCUT2D eigenvalue weighted by molar-refractivity contribution is 0.102. The summed E-state index contributed by atoms with van der Waals surface area (Å²) in [5.41, 5.74) is 3.00. The molecule has 3 aromatic rings. The Labute approximate surface area is 144 Å². The van der Waals surface area contributed by atoms with Crippen LogP contribution >= 0.6 is 0 Å². The summed E-state index contributed by atoms with van der Waals surface area (Å²) in [4.78, 5) is 12.6. The van der Waals surface area contributed by atoms with Crippen LogP contribution in [0, 0.1) is 18.6 Å². The Hall–Kier alpha value is -3.02. The first kappa shape index (κ1) is 16.8. The summed E-state index contributed by atoms with van der Waals surface area (Å²) in [6.07, 6.45) is 2.05. The molecule has 4 nitrogen and oxygen atoms in total. The Morgan fingerprint density at radius 2 is 1.80 bits per heavy atom. The number of nitrogens with one attached hydrogen (secondary N) is 1. The Bertz CT molecular complexity index is 917. The normalized spacial score (nSPS) is 10.7. The molecule has 1 N–H and O–H groups in total. The topological polar surface area (TPSA) is 46.9 Å². The van der Waals surface area contributed by atoms with Crippen molar-refractivity contribution in [3.8, 4) is 5.69 Å². The molecule has 0 radical (unpaired) electrons. The van der Waals surface area contributed by atoms with Gasteiger partial charge in [0.25, 0.3) is 5.91 Å². The van der Waals surface area contributed by atoms with Gasteiger partial charge in [-0.25, -0.2) is 13.5 Å². The molecule has 0 saturated carbocycles. The molecular formula is C19H17F2N3O. The van der Waals surface area contributed by atoms with Crippen molar-refractivity contribution >= 4 is 11.6 Å². The van der Waals surface area contributed by atoms with Crippen LogP contribution in [0.15, 0.2) is 48.7 Å². The Balaban J connectivity index is 1.92. The molecule has 1 amide bonds. The second kappa shape index (κ2) is 6.84. The smallest absolute Gasteiger partial charge is 0.259 e. The number of nitrogens with zero attached hydrogens (tertiary/aromatic N) is 2. The molecule has 25 heavy (non-hydrogen) atoms. The lowest BCUT2D eigenvalue weighted by atomic mass is 10.1. The molecule has 0 bridgehead atoms. The number of amides is 1. The quantitative estimate of drug-likeness (QED) is 0.770. The van der Waals surface area contributed by atoms with E-state index in [1.165, 1.54) is 36.5 Å². The third-order valence-corrected chi connectivity index (χ3v) is 3.96. The van der Waals surface area contributed by atoms with Gasteiger partial charge in [0.05, 0.1) is 23.1 Å². The number of hydrogen-bond donors (Lipinski definition) is 1. The van der Waals surface area contributed by atoms with Gasteiger partial charge in [-0.2, -0.15) is 5.10 Å². The van der Waals surface area contributed by atoms with Crippen molar-refractivity contribution in [1.29, 1.82) is 0 Å². The predicted molar refractivity (Wildman–Crippen MR) is 92.0 cm³/mol. The zero-order valence-electron chi connectivity index (χ0n) is 13.9. The summed E-state index contributed by atoms with van der Waals surface area (Å²) in [5.74, 6) is -1.01. The van der Waals surface area contributed by atoms with E-state index < -0.39 is 0 Å². The summed E-state index contributed by atoms with van der Waals surface area (Å²) < 4.78 is 27.9. The zero-order chi connectivity index (χ0) is 18.0. The van der Waals surface area contributed by atoms with E-state index in [1.807, 2.05) is 6.92 Å². The largest absolute Gasteiger partial charge is 0.322 e. The van der Waals surface area contributed by atoms with Crippen LogP contribution in [0.25, 0.3) is 5.69 Å². The first-order valence-corrected chi connectivity index (χ1v) is 7.90. The van der Waals surface area contributed by atoms with Crippen LogP contribution in [0.5, 0.6) is 0 Å². The Morgan fingerprint density at radius 3 is 2.44 bits per heavy atom. The molecule has 2 aromatic carbocycles. The number of halogens is 2. The number of carbonyl (C=O) groups is 1. The molecule has 0 fully saturated rings. The second-order valence-corrected chi connectivity index (χ2v) is 5.66. The van der Waals surface area contributed by atoms with Gasteiger partial charge in [0.2, 0.25) is 0 Å². The summed E-state index contributed by atoms with van der Waals surface area (Å²) in [7, 11) is 0. The number of benzene rings is 2. The number of anilines is 1. The minimum absolute atomic E-state index is 0.320. The minimum atomic E-state index is -0.353. The molecule has 0 atom stereocenters. The molecule has 0 aliphatic carbocycles. The van der Waals surface area contributed by atoms with Gasteiger partial charge in [-0.05, 0) is 61.4 Å². The van der Waals surface area contributed by atoms with Crippen LogP contribution in [0.3, 0.4) is 0 Å². The van der Waals surface area contributed by atoms with Crippen molar-refractivity contribution in [3.05, 3.63) is 77.1 Å². The Morgan fingerprint density at radius 1 is 1.12 bits per heavy atom. The van der Waals surface area contributed by atoms with E-state index in [2.05, 4.69) is 10.4 Å². The van der Waals surface area contributed by atoms with E-state index in [-0.39, 0.29) is 17.5 Å². The number of carbonyl (C=O) groups excluding carboxylic acids is 1. The average molecular weight is 341 g/mol. The maximum absolute atomic E-state index is 13.2. The van der Waals surface area contributed by atoms with E-state index in [0.29, 0.717) is 34.6 Å². The number of hydrogen-bond acceptors (Lipinski definition) is 2. The van der Waals surface area contributed by atoms with Gasteiger partial charge in [0, 0.05) is 5.69 Å². The first-order chi connectivity index (χ1) is 12.0. The molecule has 3 rings (SSSR count). The zero-order valence-corrected chi connectivity index (χ0v) is 13.9. The van der Waals surface area contributed by atoms with Crippen molar-refractivity contribution in [2.75, 3.05) is 5.32 Å². The highest BCUT2D eigenvalue weighted by Crippen LogP contribution is 2.20. The average Bonchev–Trinajstić information content (AvgIpc) is 3.02. The summed E-state index contributed by atoms with van der Waals surface area (Å²) >= 11 is 0. The monoisotopic (exact) mass is 341 g/mol. The van der Waals surface area contributed by atoms with Crippen molar-refractivity contribution in [3.63, 3.8) is 0 Å². The second-order valence-electron chi connectivity index (χ2n) is 5.66. The summed E-state index contributed by atoms with van der Waals surface area (Å²) in [6, 6.07) is 10.1. The minimum Gasteiger partial charge on any atom is -0.322 e. The van der Waals surface area contributed by atoms with Crippen LogP contribution in [-0.4, -0.2) is 15.7 Å². The molecule has 0 saturated heterocycles. The highest BCUT2D eigenvalue weighted by molar-refractivity contribution is 6.05. The molecule has 0 aliphatic rings. The molecular weight excluding hydrogens is 324 g/mol. The maximum atomic E-state index is 13.2. The van der Waals surface area contributed by atoms with E-state index >= 15 is 0 Å². The Kier molecular flexibility index (Phi) is 4.61. The highest BCUT2D eigenvalue weighted by atomic mass is 19.1. The maximum Gasteiger partial charge on any atom is 0.259 e.